The largest absolute Gasteiger partial charge is 0.507 e. The van der Waals surface area contributed by atoms with Gasteiger partial charge < -0.3 is 10.4 Å². The van der Waals surface area contributed by atoms with Crippen molar-refractivity contribution in [3.05, 3.63) is 63.8 Å². The van der Waals surface area contributed by atoms with Gasteiger partial charge in [0.25, 0.3) is 5.91 Å². The van der Waals surface area contributed by atoms with Crippen molar-refractivity contribution in [3.8, 4) is 17.0 Å². The molecular weight excluding hydrogens is 349 g/mol. The van der Waals surface area contributed by atoms with E-state index in [1.54, 1.807) is 30.3 Å². The summed E-state index contributed by atoms with van der Waals surface area (Å²) in [4.78, 5) is 12.4. The van der Waals surface area contributed by atoms with Crippen LogP contribution < -0.4 is 5.32 Å². The lowest BCUT2D eigenvalue weighted by atomic mass is 10.1. The van der Waals surface area contributed by atoms with Crippen LogP contribution >= 0.6 is 23.2 Å². The van der Waals surface area contributed by atoms with E-state index in [0.29, 0.717) is 27.0 Å². The molecule has 0 aliphatic carbocycles. The van der Waals surface area contributed by atoms with Gasteiger partial charge in [0, 0.05) is 21.3 Å². The molecule has 0 saturated heterocycles. The molecule has 1 amide bonds. The number of hydrogen-bond acceptors (Lipinski definition) is 3. The first-order valence-electron chi connectivity index (χ1n) is 7.06. The minimum atomic E-state index is -0.361. The Morgan fingerprint density at radius 3 is 2.62 bits per heavy atom. The predicted octanol–water partition coefficient (Wildman–Crippen LogP) is 4.65. The van der Waals surface area contributed by atoms with E-state index in [1.807, 2.05) is 13.0 Å². The predicted molar refractivity (Wildman–Crippen MR) is 94.8 cm³/mol. The van der Waals surface area contributed by atoms with Crippen molar-refractivity contribution in [2.24, 2.45) is 0 Å². The van der Waals surface area contributed by atoms with Gasteiger partial charge in [0.2, 0.25) is 0 Å². The van der Waals surface area contributed by atoms with Crippen molar-refractivity contribution in [1.29, 1.82) is 0 Å². The molecule has 0 bridgehead atoms. The lowest BCUT2D eigenvalue weighted by molar-refractivity contribution is 0.102. The van der Waals surface area contributed by atoms with Crippen molar-refractivity contribution in [3.63, 3.8) is 0 Å². The molecule has 0 aliphatic rings. The second-order valence-corrected chi connectivity index (χ2v) is 6.11. The number of hydrogen-bond donors (Lipinski definition) is 3. The number of halogens is 2. The SMILES string of the molecule is Cc1ccc(Cl)cc1NC(=O)c1cc(-c2cc(Cl)ccc2O)n[nH]1. The minimum Gasteiger partial charge on any atom is -0.507 e. The molecule has 24 heavy (non-hydrogen) atoms. The fourth-order valence-electron chi connectivity index (χ4n) is 2.21. The second-order valence-electron chi connectivity index (χ2n) is 5.24. The summed E-state index contributed by atoms with van der Waals surface area (Å²) in [5.74, 6) is -0.329. The third-order valence-electron chi connectivity index (χ3n) is 3.50. The van der Waals surface area contributed by atoms with Crippen LogP contribution in [0.15, 0.2) is 42.5 Å². The molecule has 3 aromatic rings. The van der Waals surface area contributed by atoms with Crippen molar-refractivity contribution in [2.75, 3.05) is 5.32 Å². The zero-order valence-corrected chi connectivity index (χ0v) is 14.1. The number of carbonyl (C=O) groups is 1. The van der Waals surface area contributed by atoms with Crippen molar-refractivity contribution in [1.82, 2.24) is 10.2 Å². The molecule has 5 nitrogen and oxygen atoms in total. The molecule has 122 valence electrons. The van der Waals surface area contributed by atoms with E-state index >= 15 is 0 Å². The molecule has 0 radical (unpaired) electrons. The first-order valence-corrected chi connectivity index (χ1v) is 7.81. The number of aryl methyl sites for hydroxylation is 1. The fraction of sp³-hybridized carbons (Fsp3) is 0.0588. The van der Waals surface area contributed by atoms with E-state index in [-0.39, 0.29) is 17.4 Å². The highest BCUT2D eigenvalue weighted by molar-refractivity contribution is 6.31. The third kappa shape index (κ3) is 3.37. The maximum absolute atomic E-state index is 12.4. The molecule has 1 aromatic heterocycles. The molecule has 7 heteroatoms. The summed E-state index contributed by atoms with van der Waals surface area (Å²) in [6.07, 6.45) is 0. The van der Waals surface area contributed by atoms with E-state index < -0.39 is 0 Å². The number of nitrogens with zero attached hydrogens (tertiary/aromatic N) is 1. The Morgan fingerprint density at radius 1 is 1.12 bits per heavy atom. The van der Waals surface area contributed by atoms with Gasteiger partial charge in [-0.25, -0.2) is 0 Å². The van der Waals surface area contributed by atoms with Crippen molar-refractivity contribution >= 4 is 34.8 Å². The zero-order valence-electron chi connectivity index (χ0n) is 12.6. The molecular formula is C17H13Cl2N3O2. The van der Waals surface area contributed by atoms with Gasteiger partial charge in [0.05, 0.1) is 5.69 Å². The summed E-state index contributed by atoms with van der Waals surface area (Å²) in [7, 11) is 0. The molecule has 0 unspecified atom stereocenters. The highest BCUT2D eigenvalue weighted by atomic mass is 35.5. The Morgan fingerprint density at radius 2 is 1.83 bits per heavy atom. The lowest BCUT2D eigenvalue weighted by Crippen LogP contribution is -2.13. The number of carbonyl (C=O) groups excluding carboxylic acids is 1. The first kappa shape index (κ1) is 16.4. The average molecular weight is 362 g/mol. The summed E-state index contributed by atoms with van der Waals surface area (Å²) in [6, 6.07) is 11.4. The average Bonchev–Trinajstić information content (AvgIpc) is 3.03. The Balaban J connectivity index is 1.86. The molecule has 0 spiro atoms. The number of benzene rings is 2. The fourth-order valence-corrected chi connectivity index (χ4v) is 2.55. The smallest absolute Gasteiger partial charge is 0.273 e. The van der Waals surface area contributed by atoms with Crippen LogP contribution in [0.4, 0.5) is 5.69 Å². The summed E-state index contributed by atoms with van der Waals surface area (Å²) >= 11 is 11.9. The number of rotatable bonds is 3. The zero-order chi connectivity index (χ0) is 17.3. The summed E-state index contributed by atoms with van der Waals surface area (Å²) in [5.41, 5.74) is 2.62. The van der Waals surface area contributed by atoms with Crippen LogP contribution in [0.2, 0.25) is 10.0 Å². The van der Waals surface area contributed by atoms with Gasteiger partial charge >= 0.3 is 0 Å². The van der Waals surface area contributed by atoms with Gasteiger partial charge in [0.1, 0.15) is 11.4 Å². The van der Waals surface area contributed by atoms with Crippen LogP contribution in [-0.2, 0) is 0 Å². The van der Waals surface area contributed by atoms with Crippen LogP contribution in [0.5, 0.6) is 5.75 Å². The van der Waals surface area contributed by atoms with Crippen molar-refractivity contribution < 1.29 is 9.90 Å². The number of aromatic amines is 1. The van der Waals surface area contributed by atoms with Gasteiger partial charge in [-0.05, 0) is 48.9 Å². The van der Waals surface area contributed by atoms with Crippen LogP contribution in [0.3, 0.4) is 0 Å². The topological polar surface area (TPSA) is 78.0 Å². The molecule has 0 atom stereocenters. The number of anilines is 1. The van der Waals surface area contributed by atoms with Crippen LogP contribution in [0.25, 0.3) is 11.3 Å². The molecule has 2 aromatic carbocycles. The number of aromatic nitrogens is 2. The number of phenols is 1. The summed E-state index contributed by atoms with van der Waals surface area (Å²) in [5, 5.41) is 20.4. The maximum Gasteiger partial charge on any atom is 0.273 e. The number of amides is 1. The molecule has 1 heterocycles. The van der Waals surface area contributed by atoms with Crippen LogP contribution in [0, 0.1) is 6.92 Å². The van der Waals surface area contributed by atoms with Gasteiger partial charge in [-0.3, -0.25) is 9.89 Å². The van der Waals surface area contributed by atoms with Gasteiger partial charge in [-0.2, -0.15) is 5.10 Å². The third-order valence-corrected chi connectivity index (χ3v) is 3.98. The molecule has 0 saturated carbocycles. The number of H-pyrrole nitrogens is 1. The second kappa shape index (κ2) is 6.55. The van der Waals surface area contributed by atoms with E-state index in [4.69, 9.17) is 23.2 Å². The Bertz CT molecular complexity index is 922. The van der Waals surface area contributed by atoms with Crippen molar-refractivity contribution in [2.45, 2.75) is 6.92 Å². The maximum atomic E-state index is 12.4. The highest BCUT2D eigenvalue weighted by Gasteiger charge is 2.14. The number of aromatic hydroxyl groups is 1. The standard InChI is InChI=1S/C17H13Cl2N3O2/c1-9-2-3-11(19)7-13(9)20-17(24)15-8-14(21-22-15)12-6-10(18)4-5-16(12)23/h2-8,23H,1H3,(H,20,24)(H,21,22). The molecule has 0 aliphatic heterocycles. The van der Waals surface area contributed by atoms with E-state index in [1.165, 1.54) is 6.07 Å². The first-order chi connectivity index (χ1) is 11.4. The van der Waals surface area contributed by atoms with Crippen LogP contribution in [0.1, 0.15) is 16.1 Å². The Hall–Kier alpha value is -2.50. The van der Waals surface area contributed by atoms with E-state index in [9.17, 15) is 9.90 Å². The normalized spacial score (nSPS) is 10.6. The van der Waals surface area contributed by atoms with Crippen LogP contribution in [-0.4, -0.2) is 21.2 Å². The Labute approximate surface area is 148 Å². The quantitative estimate of drug-likeness (QED) is 0.635. The minimum absolute atomic E-state index is 0.0311. The number of phenolic OH excluding ortho intramolecular Hbond substituents is 1. The molecule has 3 rings (SSSR count). The van der Waals surface area contributed by atoms with Gasteiger partial charge in [0.15, 0.2) is 0 Å². The molecule has 3 N–H and O–H groups in total. The monoisotopic (exact) mass is 361 g/mol. The Kier molecular flexibility index (Phi) is 4.46. The van der Waals surface area contributed by atoms with Gasteiger partial charge in [-0.15, -0.1) is 0 Å². The van der Waals surface area contributed by atoms with E-state index in [0.717, 1.165) is 5.56 Å². The van der Waals surface area contributed by atoms with E-state index in [2.05, 4.69) is 15.5 Å². The number of nitrogens with one attached hydrogen (secondary N) is 2. The lowest BCUT2D eigenvalue weighted by Gasteiger charge is -2.07. The summed E-state index contributed by atoms with van der Waals surface area (Å²) < 4.78 is 0. The van der Waals surface area contributed by atoms with Gasteiger partial charge in [-0.1, -0.05) is 29.3 Å². The molecule has 0 fully saturated rings. The summed E-state index contributed by atoms with van der Waals surface area (Å²) in [6.45, 7) is 1.87. The highest BCUT2D eigenvalue weighted by Crippen LogP contribution is 2.30.